The van der Waals surface area contributed by atoms with E-state index in [2.05, 4.69) is 0 Å². The molecule has 23 heavy (non-hydrogen) atoms. The molecule has 2 aromatic heterocycles. The highest BCUT2D eigenvalue weighted by Gasteiger charge is 2.10. The van der Waals surface area contributed by atoms with Crippen molar-refractivity contribution in [2.75, 3.05) is 0 Å². The van der Waals surface area contributed by atoms with Gasteiger partial charge >= 0.3 is 0 Å². The molecule has 0 radical (unpaired) electrons. The SMILES string of the molecule is O=Cc1ccc(-c2ccc3sc4ccc(Cl)cc4c(=O)c3c2)o1. The number of carbonyl (C=O) groups is 1. The van der Waals surface area contributed by atoms with Crippen molar-refractivity contribution >= 4 is 49.4 Å². The van der Waals surface area contributed by atoms with Gasteiger partial charge in [0, 0.05) is 30.8 Å². The maximum Gasteiger partial charge on any atom is 0.195 e. The van der Waals surface area contributed by atoms with E-state index in [1.807, 2.05) is 18.2 Å². The molecule has 2 aromatic carbocycles. The lowest BCUT2D eigenvalue weighted by molar-refractivity contribution is 0.110. The lowest BCUT2D eigenvalue weighted by Crippen LogP contribution is -2.01. The standard InChI is InChI=1S/C18H9ClO3S/c19-11-2-6-17-14(8-11)18(21)13-7-10(1-5-16(13)23-17)15-4-3-12(9-20)22-15/h1-9H. The van der Waals surface area contributed by atoms with E-state index >= 15 is 0 Å². The van der Waals surface area contributed by atoms with Crippen molar-refractivity contribution < 1.29 is 9.21 Å². The molecule has 0 amide bonds. The van der Waals surface area contributed by atoms with Crippen LogP contribution < -0.4 is 5.43 Å². The molecule has 0 aliphatic carbocycles. The van der Waals surface area contributed by atoms with Gasteiger partial charge in [-0.1, -0.05) is 11.6 Å². The smallest absolute Gasteiger partial charge is 0.195 e. The molecule has 4 aromatic rings. The number of carbonyl (C=O) groups excluding carboxylic acids is 1. The molecule has 0 aliphatic rings. The van der Waals surface area contributed by atoms with E-state index in [1.54, 1.807) is 41.7 Å². The first-order valence-corrected chi connectivity index (χ1v) is 8.07. The zero-order chi connectivity index (χ0) is 16.0. The van der Waals surface area contributed by atoms with Gasteiger partial charge in [0.25, 0.3) is 0 Å². The monoisotopic (exact) mass is 340 g/mol. The summed E-state index contributed by atoms with van der Waals surface area (Å²) in [5.41, 5.74) is 0.705. The zero-order valence-electron chi connectivity index (χ0n) is 11.7. The van der Waals surface area contributed by atoms with Gasteiger partial charge in [-0.2, -0.15) is 0 Å². The maximum absolute atomic E-state index is 12.7. The number of benzene rings is 2. The van der Waals surface area contributed by atoms with Crippen molar-refractivity contribution in [3.05, 3.63) is 69.5 Å². The van der Waals surface area contributed by atoms with Crippen LogP contribution in [0, 0.1) is 0 Å². The Morgan fingerprint density at radius 2 is 1.70 bits per heavy atom. The fraction of sp³-hybridized carbons (Fsp3) is 0. The van der Waals surface area contributed by atoms with Gasteiger partial charge in [-0.3, -0.25) is 9.59 Å². The van der Waals surface area contributed by atoms with Crippen LogP contribution in [0.15, 0.2) is 57.7 Å². The summed E-state index contributed by atoms with van der Waals surface area (Å²) in [5.74, 6) is 0.820. The largest absolute Gasteiger partial charge is 0.453 e. The molecular formula is C18H9ClO3S. The molecular weight excluding hydrogens is 332 g/mol. The molecule has 0 aliphatic heterocycles. The van der Waals surface area contributed by atoms with Crippen LogP contribution in [-0.2, 0) is 0 Å². The van der Waals surface area contributed by atoms with Crippen molar-refractivity contribution in [3.8, 4) is 11.3 Å². The summed E-state index contributed by atoms with van der Waals surface area (Å²) in [6.45, 7) is 0. The van der Waals surface area contributed by atoms with Gasteiger partial charge in [-0.25, -0.2) is 0 Å². The minimum Gasteiger partial charge on any atom is -0.453 e. The number of rotatable bonds is 2. The van der Waals surface area contributed by atoms with Gasteiger partial charge in [-0.05, 0) is 48.5 Å². The summed E-state index contributed by atoms with van der Waals surface area (Å²) in [6.07, 6.45) is 0.654. The van der Waals surface area contributed by atoms with E-state index < -0.39 is 0 Å². The van der Waals surface area contributed by atoms with E-state index in [4.69, 9.17) is 16.0 Å². The average Bonchev–Trinajstić information content (AvgIpc) is 3.05. The molecule has 0 saturated carbocycles. The Labute approximate surface area is 139 Å². The van der Waals surface area contributed by atoms with Crippen molar-refractivity contribution in [3.63, 3.8) is 0 Å². The van der Waals surface area contributed by atoms with Crippen LogP contribution in [0.3, 0.4) is 0 Å². The Morgan fingerprint density at radius 1 is 0.957 bits per heavy atom. The van der Waals surface area contributed by atoms with Crippen molar-refractivity contribution in [2.24, 2.45) is 0 Å². The Bertz CT molecular complexity index is 1120. The third kappa shape index (κ3) is 2.36. The predicted octanol–water partition coefficient (Wildman–Crippen LogP) is 5.14. The first kappa shape index (κ1) is 14.2. The van der Waals surface area contributed by atoms with Crippen LogP contribution in [-0.4, -0.2) is 6.29 Å². The molecule has 0 N–H and O–H groups in total. The molecule has 0 bridgehead atoms. The number of furan rings is 1. The second kappa shape index (κ2) is 5.33. The Balaban J connectivity index is 2.00. The molecule has 0 fully saturated rings. The molecule has 112 valence electrons. The fourth-order valence-electron chi connectivity index (χ4n) is 2.55. The summed E-state index contributed by atoms with van der Waals surface area (Å²) in [6, 6.07) is 14.2. The third-order valence-electron chi connectivity index (χ3n) is 3.66. The normalized spacial score (nSPS) is 11.2. The van der Waals surface area contributed by atoms with Crippen LogP contribution in [0.4, 0.5) is 0 Å². The molecule has 2 heterocycles. The van der Waals surface area contributed by atoms with Crippen molar-refractivity contribution in [1.29, 1.82) is 0 Å². The van der Waals surface area contributed by atoms with Crippen LogP contribution in [0.1, 0.15) is 10.6 Å². The van der Waals surface area contributed by atoms with Crippen LogP contribution >= 0.6 is 22.9 Å². The molecule has 0 saturated heterocycles. The third-order valence-corrected chi connectivity index (χ3v) is 5.04. The van der Waals surface area contributed by atoms with Gasteiger partial charge < -0.3 is 4.42 Å². The molecule has 3 nitrogen and oxygen atoms in total. The first-order valence-electron chi connectivity index (χ1n) is 6.87. The number of fused-ring (bicyclic) bond motifs is 2. The number of aldehydes is 1. The Hall–Kier alpha value is -2.43. The van der Waals surface area contributed by atoms with Crippen molar-refractivity contribution in [1.82, 2.24) is 0 Å². The highest BCUT2D eigenvalue weighted by Crippen LogP contribution is 2.30. The van der Waals surface area contributed by atoms with Crippen LogP contribution in [0.25, 0.3) is 31.5 Å². The second-order valence-corrected chi connectivity index (χ2v) is 6.62. The Kier molecular flexibility index (Phi) is 3.29. The topological polar surface area (TPSA) is 47.3 Å². The molecule has 4 rings (SSSR count). The number of halogens is 1. The molecule has 5 heteroatoms. The van der Waals surface area contributed by atoms with E-state index in [0.717, 1.165) is 15.0 Å². The van der Waals surface area contributed by atoms with Crippen LogP contribution in [0.5, 0.6) is 0 Å². The zero-order valence-corrected chi connectivity index (χ0v) is 13.3. The summed E-state index contributed by atoms with van der Waals surface area (Å²) in [7, 11) is 0. The van der Waals surface area contributed by atoms with E-state index in [-0.39, 0.29) is 11.2 Å². The summed E-state index contributed by atoms with van der Waals surface area (Å²) in [4.78, 5) is 23.5. The minimum atomic E-state index is -0.0553. The van der Waals surface area contributed by atoms with E-state index in [0.29, 0.717) is 27.8 Å². The predicted molar refractivity (Wildman–Crippen MR) is 93.7 cm³/mol. The van der Waals surface area contributed by atoms with Crippen LogP contribution in [0.2, 0.25) is 5.02 Å². The summed E-state index contributed by atoms with van der Waals surface area (Å²) < 4.78 is 7.23. The van der Waals surface area contributed by atoms with Gasteiger partial charge in [0.1, 0.15) is 5.76 Å². The maximum atomic E-state index is 12.7. The van der Waals surface area contributed by atoms with E-state index in [9.17, 15) is 9.59 Å². The quantitative estimate of drug-likeness (QED) is 0.375. The number of hydrogen-bond acceptors (Lipinski definition) is 4. The lowest BCUT2D eigenvalue weighted by atomic mass is 10.1. The van der Waals surface area contributed by atoms with Gasteiger partial charge in [-0.15, -0.1) is 11.3 Å². The Morgan fingerprint density at radius 3 is 2.43 bits per heavy atom. The average molecular weight is 341 g/mol. The molecule has 0 atom stereocenters. The molecule has 0 unspecified atom stereocenters. The fourth-order valence-corrected chi connectivity index (χ4v) is 3.76. The lowest BCUT2D eigenvalue weighted by Gasteiger charge is -2.03. The van der Waals surface area contributed by atoms with Gasteiger partial charge in [0.05, 0.1) is 0 Å². The first-order chi connectivity index (χ1) is 11.2. The van der Waals surface area contributed by atoms with Gasteiger partial charge in [0.15, 0.2) is 17.5 Å². The van der Waals surface area contributed by atoms with Crippen molar-refractivity contribution in [2.45, 2.75) is 0 Å². The highest BCUT2D eigenvalue weighted by atomic mass is 35.5. The van der Waals surface area contributed by atoms with Gasteiger partial charge in [0.2, 0.25) is 0 Å². The highest BCUT2D eigenvalue weighted by molar-refractivity contribution is 7.24. The second-order valence-electron chi connectivity index (χ2n) is 5.10. The number of hydrogen-bond donors (Lipinski definition) is 0. The van der Waals surface area contributed by atoms with E-state index in [1.165, 1.54) is 0 Å². The summed E-state index contributed by atoms with van der Waals surface area (Å²) in [5, 5.41) is 1.77. The minimum absolute atomic E-state index is 0.0553. The summed E-state index contributed by atoms with van der Waals surface area (Å²) >= 11 is 7.55. The molecule has 0 spiro atoms.